The number of rotatable bonds is 7. The Morgan fingerprint density at radius 1 is 1.38 bits per heavy atom. The van der Waals surface area contributed by atoms with Crippen LogP contribution in [-0.4, -0.2) is 44.8 Å². The summed E-state index contributed by atoms with van der Waals surface area (Å²) in [6.07, 6.45) is 2.29. The maximum atomic E-state index is 13.7. The molecule has 1 aliphatic rings. The van der Waals surface area contributed by atoms with E-state index in [-0.39, 0.29) is 11.6 Å². The molecule has 0 amide bonds. The number of hydrogen-bond acceptors (Lipinski definition) is 3. The first-order valence-electron chi connectivity index (χ1n) is 7.55. The number of likely N-dealkylation sites (tertiary alicyclic amines) is 1. The maximum absolute atomic E-state index is 13.7. The number of nitrogens with zero attached hydrogens (tertiary/aromatic N) is 1. The maximum Gasteiger partial charge on any atom is 0.127 e. The summed E-state index contributed by atoms with van der Waals surface area (Å²) < 4.78 is 31.9. The topological polar surface area (TPSA) is 24.5 Å². The Bertz CT molecular complexity index is 442. The highest BCUT2D eigenvalue weighted by molar-refractivity contribution is 5.18. The van der Waals surface area contributed by atoms with Crippen LogP contribution in [0.2, 0.25) is 0 Å². The zero-order valence-electron chi connectivity index (χ0n) is 12.6. The number of methoxy groups -OCH3 is 1. The van der Waals surface area contributed by atoms with Crippen molar-refractivity contribution in [3.05, 3.63) is 35.4 Å². The highest BCUT2D eigenvalue weighted by atomic mass is 19.1. The smallest absolute Gasteiger partial charge is 0.127 e. The van der Waals surface area contributed by atoms with E-state index in [0.29, 0.717) is 24.6 Å². The molecule has 0 bridgehead atoms. The van der Waals surface area contributed by atoms with Gasteiger partial charge in [-0.05, 0) is 50.0 Å². The molecular formula is C16H24F2N2O. The molecule has 0 aliphatic carbocycles. The molecule has 3 nitrogen and oxygen atoms in total. The van der Waals surface area contributed by atoms with Gasteiger partial charge in [-0.3, -0.25) is 4.90 Å². The van der Waals surface area contributed by atoms with Crippen molar-refractivity contribution in [2.24, 2.45) is 5.92 Å². The average Bonchev–Trinajstić information content (AvgIpc) is 2.48. The Morgan fingerprint density at radius 2 is 2.24 bits per heavy atom. The first-order chi connectivity index (χ1) is 10.2. The molecular weight excluding hydrogens is 274 g/mol. The SMILES string of the molecule is COCCNCC1CCCN(Cc2cc(F)ccc2F)C1. The van der Waals surface area contributed by atoms with Crippen LogP contribution < -0.4 is 5.32 Å². The molecule has 1 aromatic carbocycles. The van der Waals surface area contributed by atoms with Crippen molar-refractivity contribution in [1.29, 1.82) is 0 Å². The number of halogens is 2. The molecule has 1 unspecified atom stereocenters. The zero-order valence-corrected chi connectivity index (χ0v) is 12.6. The van der Waals surface area contributed by atoms with Gasteiger partial charge in [0.05, 0.1) is 6.61 Å². The van der Waals surface area contributed by atoms with E-state index in [2.05, 4.69) is 10.2 Å². The van der Waals surface area contributed by atoms with Crippen molar-refractivity contribution >= 4 is 0 Å². The third-order valence-electron chi connectivity index (χ3n) is 3.92. The molecule has 0 saturated carbocycles. The Hall–Kier alpha value is -1.04. The highest BCUT2D eigenvalue weighted by Crippen LogP contribution is 2.19. The molecule has 0 aromatic heterocycles. The monoisotopic (exact) mass is 298 g/mol. The summed E-state index contributed by atoms with van der Waals surface area (Å²) in [5, 5.41) is 3.38. The van der Waals surface area contributed by atoms with Gasteiger partial charge in [-0.2, -0.15) is 0 Å². The van der Waals surface area contributed by atoms with Crippen LogP contribution in [-0.2, 0) is 11.3 Å². The van der Waals surface area contributed by atoms with Crippen LogP contribution in [0.15, 0.2) is 18.2 Å². The summed E-state index contributed by atoms with van der Waals surface area (Å²) in [6, 6.07) is 3.67. The van der Waals surface area contributed by atoms with Gasteiger partial charge >= 0.3 is 0 Å². The van der Waals surface area contributed by atoms with Gasteiger partial charge in [0.25, 0.3) is 0 Å². The molecule has 1 N–H and O–H groups in total. The predicted molar refractivity (Wildman–Crippen MR) is 79.1 cm³/mol. The lowest BCUT2D eigenvalue weighted by Crippen LogP contribution is -2.39. The second-order valence-corrected chi connectivity index (χ2v) is 5.68. The Morgan fingerprint density at radius 3 is 3.05 bits per heavy atom. The van der Waals surface area contributed by atoms with Crippen LogP contribution in [0.1, 0.15) is 18.4 Å². The number of ether oxygens (including phenoxy) is 1. The van der Waals surface area contributed by atoms with Crippen LogP contribution in [0.4, 0.5) is 8.78 Å². The molecule has 1 fully saturated rings. The van der Waals surface area contributed by atoms with Gasteiger partial charge < -0.3 is 10.1 Å². The average molecular weight is 298 g/mol. The van der Waals surface area contributed by atoms with E-state index in [4.69, 9.17) is 4.74 Å². The van der Waals surface area contributed by atoms with Crippen molar-refractivity contribution in [3.8, 4) is 0 Å². The van der Waals surface area contributed by atoms with E-state index in [0.717, 1.165) is 38.7 Å². The van der Waals surface area contributed by atoms with Gasteiger partial charge in [0.2, 0.25) is 0 Å². The van der Waals surface area contributed by atoms with Gasteiger partial charge in [0, 0.05) is 32.3 Å². The van der Waals surface area contributed by atoms with Gasteiger partial charge in [-0.15, -0.1) is 0 Å². The van der Waals surface area contributed by atoms with Gasteiger partial charge in [-0.25, -0.2) is 8.78 Å². The fourth-order valence-electron chi connectivity index (χ4n) is 2.85. The minimum atomic E-state index is -0.374. The molecule has 1 saturated heterocycles. The Labute approximate surface area is 125 Å². The lowest BCUT2D eigenvalue weighted by atomic mass is 9.97. The third-order valence-corrected chi connectivity index (χ3v) is 3.92. The molecule has 0 spiro atoms. The largest absolute Gasteiger partial charge is 0.383 e. The number of hydrogen-bond donors (Lipinski definition) is 1. The first-order valence-corrected chi connectivity index (χ1v) is 7.55. The van der Waals surface area contributed by atoms with Gasteiger partial charge in [-0.1, -0.05) is 0 Å². The number of piperidine rings is 1. The lowest BCUT2D eigenvalue weighted by molar-refractivity contribution is 0.157. The van der Waals surface area contributed by atoms with Crippen LogP contribution in [0, 0.1) is 17.6 Å². The van der Waals surface area contributed by atoms with Crippen molar-refractivity contribution in [2.75, 3.05) is 39.9 Å². The summed E-state index contributed by atoms with van der Waals surface area (Å²) in [4.78, 5) is 2.21. The summed E-state index contributed by atoms with van der Waals surface area (Å²) in [5.74, 6) is -0.134. The molecule has 118 valence electrons. The fourth-order valence-corrected chi connectivity index (χ4v) is 2.85. The second-order valence-electron chi connectivity index (χ2n) is 5.68. The molecule has 1 aromatic rings. The normalized spacial score (nSPS) is 19.9. The molecule has 1 heterocycles. The standard InChI is InChI=1S/C16H24F2N2O/c1-21-8-6-19-10-13-3-2-7-20(11-13)12-14-9-15(17)4-5-16(14)18/h4-5,9,13,19H,2-3,6-8,10-12H2,1H3. The van der Waals surface area contributed by atoms with E-state index in [1.807, 2.05) is 0 Å². The van der Waals surface area contributed by atoms with Gasteiger partial charge in [0.1, 0.15) is 11.6 Å². The van der Waals surface area contributed by atoms with Crippen molar-refractivity contribution in [3.63, 3.8) is 0 Å². The second kappa shape index (κ2) is 8.41. The van der Waals surface area contributed by atoms with E-state index in [9.17, 15) is 8.78 Å². The third kappa shape index (κ3) is 5.34. The summed E-state index contributed by atoms with van der Waals surface area (Å²) in [7, 11) is 1.69. The minimum Gasteiger partial charge on any atom is -0.383 e. The Kier molecular flexibility index (Phi) is 6.54. The van der Waals surface area contributed by atoms with E-state index in [1.54, 1.807) is 7.11 Å². The Balaban J connectivity index is 1.82. The van der Waals surface area contributed by atoms with Crippen LogP contribution in [0.3, 0.4) is 0 Å². The predicted octanol–water partition coefficient (Wildman–Crippen LogP) is 2.41. The number of benzene rings is 1. The first kappa shape index (κ1) is 16.3. The molecule has 2 rings (SSSR count). The lowest BCUT2D eigenvalue weighted by Gasteiger charge is -2.33. The fraction of sp³-hybridized carbons (Fsp3) is 0.625. The van der Waals surface area contributed by atoms with Crippen molar-refractivity contribution in [1.82, 2.24) is 10.2 Å². The summed E-state index contributed by atoms with van der Waals surface area (Å²) >= 11 is 0. The molecule has 1 atom stereocenters. The minimum absolute atomic E-state index is 0.322. The van der Waals surface area contributed by atoms with E-state index < -0.39 is 0 Å². The van der Waals surface area contributed by atoms with E-state index in [1.165, 1.54) is 18.6 Å². The zero-order chi connectivity index (χ0) is 15.1. The van der Waals surface area contributed by atoms with Crippen LogP contribution in [0.5, 0.6) is 0 Å². The molecule has 1 aliphatic heterocycles. The number of nitrogens with one attached hydrogen (secondary N) is 1. The molecule has 0 radical (unpaired) electrons. The molecule has 21 heavy (non-hydrogen) atoms. The highest BCUT2D eigenvalue weighted by Gasteiger charge is 2.20. The van der Waals surface area contributed by atoms with Crippen LogP contribution >= 0.6 is 0 Å². The van der Waals surface area contributed by atoms with Crippen molar-refractivity contribution in [2.45, 2.75) is 19.4 Å². The summed E-state index contributed by atoms with van der Waals surface area (Å²) in [6.45, 7) is 4.88. The quantitative estimate of drug-likeness (QED) is 0.782. The van der Waals surface area contributed by atoms with E-state index >= 15 is 0 Å². The molecule has 5 heteroatoms. The van der Waals surface area contributed by atoms with Crippen LogP contribution in [0.25, 0.3) is 0 Å². The van der Waals surface area contributed by atoms with Gasteiger partial charge in [0.15, 0.2) is 0 Å². The summed E-state index contributed by atoms with van der Waals surface area (Å²) in [5.41, 5.74) is 0.447. The van der Waals surface area contributed by atoms with Crippen molar-refractivity contribution < 1.29 is 13.5 Å².